The quantitative estimate of drug-likeness (QED) is 0.935. The number of hydrogen-bond donors (Lipinski definition) is 1. The molecule has 23 heavy (non-hydrogen) atoms. The van der Waals surface area contributed by atoms with Gasteiger partial charge >= 0.3 is 0 Å². The Morgan fingerprint density at radius 3 is 2.96 bits per heavy atom. The maximum atomic E-state index is 12.1. The van der Waals surface area contributed by atoms with Crippen molar-refractivity contribution in [2.45, 2.75) is 38.1 Å². The molecule has 1 unspecified atom stereocenters. The summed E-state index contributed by atoms with van der Waals surface area (Å²) in [4.78, 5) is 18.8. The highest BCUT2D eigenvalue weighted by molar-refractivity contribution is 6.31. The van der Waals surface area contributed by atoms with Crippen molar-refractivity contribution in [3.8, 4) is 0 Å². The van der Waals surface area contributed by atoms with Gasteiger partial charge in [-0.15, -0.1) is 0 Å². The fraction of sp³-hybridized carbons (Fsp3) is 0.529. The SMILES string of the molecule is O=C(NC1CCCN(c2nc3ccc(Cl)cc3o2)C1)C1CCC1. The van der Waals surface area contributed by atoms with Crippen molar-refractivity contribution in [1.82, 2.24) is 10.3 Å². The van der Waals surface area contributed by atoms with Crippen molar-refractivity contribution in [2.75, 3.05) is 18.0 Å². The van der Waals surface area contributed by atoms with Crippen LogP contribution in [0.1, 0.15) is 32.1 Å². The Balaban J connectivity index is 1.46. The van der Waals surface area contributed by atoms with Crippen LogP contribution in [0.5, 0.6) is 0 Å². The highest BCUT2D eigenvalue weighted by Gasteiger charge is 2.29. The fourth-order valence-corrected chi connectivity index (χ4v) is 3.44. The van der Waals surface area contributed by atoms with Gasteiger partial charge in [-0.3, -0.25) is 4.79 Å². The molecule has 1 amide bonds. The van der Waals surface area contributed by atoms with Gasteiger partial charge in [0.15, 0.2) is 5.58 Å². The average Bonchev–Trinajstić information content (AvgIpc) is 2.88. The molecule has 1 atom stereocenters. The molecular weight excluding hydrogens is 314 g/mol. The highest BCUT2D eigenvalue weighted by atomic mass is 35.5. The summed E-state index contributed by atoms with van der Waals surface area (Å²) in [6.45, 7) is 1.65. The first kappa shape index (κ1) is 14.8. The van der Waals surface area contributed by atoms with E-state index in [1.165, 1.54) is 6.42 Å². The number of rotatable bonds is 3. The third-order valence-corrected chi connectivity index (χ3v) is 5.09. The van der Waals surface area contributed by atoms with E-state index in [4.69, 9.17) is 16.0 Å². The number of nitrogens with one attached hydrogen (secondary N) is 1. The number of fused-ring (bicyclic) bond motifs is 1. The van der Waals surface area contributed by atoms with Gasteiger partial charge in [0, 0.05) is 36.1 Å². The van der Waals surface area contributed by atoms with Crippen LogP contribution >= 0.6 is 11.6 Å². The van der Waals surface area contributed by atoms with Gasteiger partial charge < -0.3 is 14.6 Å². The zero-order valence-corrected chi connectivity index (χ0v) is 13.7. The molecule has 0 bridgehead atoms. The summed E-state index contributed by atoms with van der Waals surface area (Å²) in [5.41, 5.74) is 1.51. The molecule has 1 aromatic heterocycles. The summed E-state index contributed by atoms with van der Waals surface area (Å²) in [5.74, 6) is 0.448. The van der Waals surface area contributed by atoms with E-state index in [-0.39, 0.29) is 17.9 Å². The lowest BCUT2D eigenvalue weighted by molar-refractivity contribution is -0.128. The predicted octanol–water partition coefficient (Wildman–Crippen LogP) is 3.37. The second kappa shape index (κ2) is 6.04. The van der Waals surface area contributed by atoms with Crippen LogP contribution in [0.15, 0.2) is 22.6 Å². The Morgan fingerprint density at radius 1 is 1.30 bits per heavy atom. The molecule has 1 aliphatic heterocycles. The van der Waals surface area contributed by atoms with E-state index in [1.54, 1.807) is 6.07 Å². The highest BCUT2D eigenvalue weighted by Crippen LogP contribution is 2.28. The van der Waals surface area contributed by atoms with Gasteiger partial charge in [0.1, 0.15) is 5.52 Å². The van der Waals surface area contributed by atoms with E-state index in [1.807, 2.05) is 12.1 Å². The van der Waals surface area contributed by atoms with E-state index in [0.717, 1.165) is 44.3 Å². The molecule has 2 heterocycles. The summed E-state index contributed by atoms with van der Waals surface area (Å²) < 4.78 is 5.84. The standard InChI is InChI=1S/C17H20ClN3O2/c18-12-6-7-14-15(9-12)23-17(20-14)21-8-2-5-13(10-21)19-16(22)11-3-1-4-11/h6-7,9,11,13H,1-5,8,10H2,(H,19,22). The molecule has 122 valence electrons. The fourth-order valence-electron chi connectivity index (χ4n) is 3.28. The molecule has 2 aromatic rings. The molecule has 1 aromatic carbocycles. The van der Waals surface area contributed by atoms with Crippen molar-refractivity contribution < 1.29 is 9.21 Å². The van der Waals surface area contributed by atoms with Crippen molar-refractivity contribution in [3.05, 3.63) is 23.2 Å². The summed E-state index contributed by atoms with van der Waals surface area (Å²) in [6, 6.07) is 6.26. The van der Waals surface area contributed by atoms with Crippen LogP contribution < -0.4 is 10.2 Å². The Bertz CT molecular complexity index is 726. The topological polar surface area (TPSA) is 58.4 Å². The number of benzene rings is 1. The molecule has 2 aliphatic rings. The molecular formula is C17H20ClN3O2. The number of carbonyl (C=O) groups excluding carboxylic acids is 1. The first-order chi connectivity index (χ1) is 11.2. The minimum Gasteiger partial charge on any atom is -0.423 e. The zero-order chi connectivity index (χ0) is 15.8. The molecule has 2 fully saturated rings. The maximum absolute atomic E-state index is 12.1. The number of piperidine rings is 1. The van der Waals surface area contributed by atoms with Crippen LogP contribution in [0, 0.1) is 5.92 Å². The molecule has 0 radical (unpaired) electrons. The van der Waals surface area contributed by atoms with Crippen LogP contribution in [-0.2, 0) is 4.79 Å². The number of anilines is 1. The Labute approximate surface area is 140 Å². The lowest BCUT2D eigenvalue weighted by atomic mass is 9.84. The third-order valence-electron chi connectivity index (χ3n) is 4.85. The lowest BCUT2D eigenvalue weighted by Gasteiger charge is -2.34. The minimum atomic E-state index is 0.176. The minimum absolute atomic E-state index is 0.176. The Hall–Kier alpha value is -1.75. The zero-order valence-electron chi connectivity index (χ0n) is 12.9. The number of carbonyl (C=O) groups is 1. The van der Waals surface area contributed by atoms with Gasteiger partial charge in [-0.1, -0.05) is 18.0 Å². The molecule has 1 saturated heterocycles. The van der Waals surface area contributed by atoms with E-state index in [2.05, 4.69) is 15.2 Å². The normalized spacial score (nSPS) is 22.1. The Morgan fingerprint density at radius 2 is 2.17 bits per heavy atom. The molecule has 5 nitrogen and oxygen atoms in total. The van der Waals surface area contributed by atoms with E-state index >= 15 is 0 Å². The monoisotopic (exact) mass is 333 g/mol. The summed E-state index contributed by atoms with van der Waals surface area (Å²) in [6.07, 6.45) is 5.29. The Kier molecular flexibility index (Phi) is 3.89. The number of hydrogen-bond acceptors (Lipinski definition) is 4. The van der Waals surface area contributed by atoms with E-state index < -0.39 is 0 Å². The molecule has 1 saturated carbocycles. The van der Waals surface area contributed by atoms with Gasteiger partial charge in [0.2, 0.25) is 5.91 Å². The van der Waals surface area contributed by atoms with Gasteiger partial charge in [-0.25, -0.2) is 0 Å². The average molecular weight is 334 g/mol. The molecule has 1 N–H and O–H groups in total. The number of aromatic nitrogens is 1. The summed E-state index contributed by atoms with van der Waals surface area (Å²) >= 11 is 5.99. The number of oxazole rings is 1. The lowest BCUT2D eigenvalue weighted by Crippen LogP contribution is -2.50. The van der Waals surface area contributed by atoms with Gasteiger partial charge in [0.05, 0.1) is 0 Å². The maximum Gasteiger partial charge on any atom is 0.298 e. The largest absolute Gasteiger partial charge is 0.423 e. The third kappa shape index (κ3) is 3.02. The van der Waals surface area contributed by atoms with Gasteiger partial charge in [-0.2, -0.15) is 4.98 Å². The summed E-state index contributed by atoms with van der Waals surface area (Å²) in [5, 5.41) is 3.84. The first-order valence-electron chi connectivity index (χ1n) is 8.30. The van der Waals surface area contributed by atoms with Crippen LogP contribution in [0.25, 0.3) is 11.1 Å². The second-order valence-corrected chi connectivity index (χ2v) is 6.97. The van der Waals surface area contributed by atoms with E-state index in [9.17, 15) is 4.79 Å². The number of amides is 1. The van der Waals surface area contributed by atoms with Crippen molar-refractivity contribution in [2.24, 2.45) is 5.92 Å². The molecule has 6 heteroatoms. The predicted molar refractivity (Wildman–Crippen MR) is 89.7 cm³/mol. The van der Waals surface area contributed by atoms with Crippen molar-refractivity contribution in [1.29, 1.82) is 0 Å². The van der Waals surface area contributed by atoms with Gasteiger partial charge in [-0.05, 0) is 37.8 Å². The molecule has 4 rings (SSSR count). The van der Waals surface area contributed by atoms with Crippen LogP contribution in [0.3, 0.4) is 0 Å². The number of nitrogens with zero attached hydrogens (tertiary/aromatic N) is 2. The van der Waals surface area contributed by atoms with Crippen LogP contribution in [0.2, 0.25) is 5.02 Å². The van der Waals surface area contributed by atoms with Crippen molar-refractivity contribution in [3.63, 3.8) is 0 Å². The van der Waals surface area contributed by atoms with Gasteiger partial charge in [0.25, 0.3) is 6.01 Å². The van der Waals surface area contributed by atoms with E-state index in [0.29, 0.717) is 16.6 Å². The molecule has 0 spiro atoms. The smallest absolute Gasteiger partial charge is 0.298 e. The number of halogens is 1. The molecule has 1 aliphatic carbocycles. The summed E-state index contributed by atoms with van der Waals surface area (Å²) in [7, 11) is 0. The van der Waals surface area contributed by atoms with Crippen LogP contribution in [-0.4, -0.2) is 30.0 Å². The van der Waals surface area contributed by atoms with Crippen molar-refractivity contribution >= 4 is 34.6 Å². The second-order valence-electron chi connectivity index (χ2n) is 6.53. The first-order valence-corrected chi connectivity index (χ1v) is 8.68. The van der Waals surface area contributed by atoms with Crippen LogP contribution in [0.4, 0.5) is 6.01 Å².